The first kappa shape index (κ1) is 21.1. The average molecular weight is 464 g/mol. The number of carbonyl (C=O) groups excluding carboxylic acids is 1. The number of piperazine rings is 1. The van der Waals surface area contributed by atoms with E-state index < -0.39 is 0 Å². The Labute approximate surface area is 202 Å². The number of para-hydroxylation sites is 2. The van der Waals surface area contributed by atoms with Crippen molar-refractivity contribution in [1.82, 2.24) is 24.5 Å². The topological polar surface area (TPSA) is 78.7 Å². The Kier molecular flexibility index (Phi) is 5.25. The lowest BCUT2D eigenvalue weighted by Gasteiger charge is -2.40. The second-order valence-corrected chi connectivity index (χ2v) is 8.76. The first-order valence-corrected chi connectivity index (χ1v) is 11.8. The van der Waals surface area contributed by atoms with Crippen LogP contribution in [0.3, 0.4) is 0 Å². The Morgan fingerprint density at radius 3 is 2.37 bits per heavy atom. The number of urea groups is 1. The fourth-order valence-corrected chi connectivity index (χ4v) is 4.71. The van der Waals surface area contributed by atoms with Gasteiger partial charge in [-0.2, -0.15) is 0 Å². The maximum atomic E-state index is 13.0. The molecule has 2 aromatic heterocycles. The maximum Gasteiger partial charge on any atom is 0.322 e. The van der Waals surface area contributed by atoms with Crippen LogP contribution in [0.15, 0.2) is 84.9 Å². The summed E-state index contributed by atoms with van der Waals surface area (Å²) < 4.78 is 2.05. The van der Waals surface area contributed by atoms with Crippen molar-refractivity contribution < 1.29 is 4.79 Å². The van der Waals surface area contributed by atoms with Crippen molar-refractivity contribution in [1.29, 1.82) is 0 Å². The zero-order valence-electron chi connectivity index (χ0n) is 19.4. The van der Waals surface area contributed by atoms with Crippen molar-refractivity contribution in [2.24, 2.45) is 0 Å². The third kappa shape index (κ3) is 3.82. The van der Waals surface area contributed by atoms with Gasteiger partial charge < -0.3 is 15.1 Å². The molecule has 0 saturated carbocycles. The number of nitrogens with one attached hydrogen (secondary N) is 1. The minimum Gasteiger partial charge on any atom is -0.338 e. The van der Waals surface area contributed by atoms with Crippen LogP contribution in [0.2, 0.25) is 0 Å². The molecule has 1 aliphatic rings. The van der Waals surface area contributed by atoms with Crippen LogP contribution in [-0.2, 0) is 0 Å². The third-order valence-corrected chi connectivity index (χ3v) is 6.46. The van der Waals surface area contributed by atoms with Gasteiger partial charge in [0.1, 0.15) is 0 Å². The predicted molar refractivity (Wildman–Crippen MR) is 138 cm³/mol. The maximum absolute atomic E-state index is 13.0. The van der Waals surface area contributed by atoms with Crippen molar-refractivity contribution in [3.05, 3.63) is 84.9 Å². The van der Waals surface area contributed by atoms with Crippen molar-refractivity contribution in [2.45, 2.75) is 13.0 Å². The highest BCUT2D eigenvalue weighted by atomic mass is 16.2. The molecule has 35 heavy (non-hydrogen) atoms. The van der Waals surface area contributed by atoms with Gasteiger partial charge in [0.25, 0.3) is 0 Å². The molecule has 174 valence electrons. The molecule has 1 atom stereocenters. The molecule has 1 aliphatic heterocycles. The molecule has 8 heteroatoms. The highest BCUT2D eigenvalue weighted by Gasteiger charge is 2.30. The van der Waals surface area contributed by atoms with Crippen LogP contribution in [0, 0.1) is 0 Å². The second-order valence-electron chi connectivity index (χ2n) is 8.76. The number of rotatable bonds is 3. The molecule has 5 aromatic rings. The molecule has 1 N–H and O–H groups in total. The van der Waals surface area contributed by atoms with Gasteiger partial charge in [-0.1, -0.05) is 60.7 Å². The standard InChI is InChI=1S/C27H25N7O/c1-19-18-32(16-17-33(19)27(35)28-21-12-6-3-7-13-21)26-29-23-15-9-8-14-22(23)25-31-30-24(34(25)26)20-10-4-2-5-11-20/h2-15,19H,16-18H2,1H3,(H,28,35). The summed E-state index contributed by atoms with van der Waals surface area (Å²) >= 11 is 0. The third-order valence-electron chi connectivity index (χ3n) is 6.46. The number of fused-ring (bicyclic) bond motifs is 3. The van der Waals surface area contributed by atoms with Crippen LogP contribution in [-0.4, -0.2) is 56.2 Å². The normalized spacial score (nSPS) is 16.1. The number of carbonyl (C=O) groups is 1. The van der Waals surface area contributed by atoms with E-state index in [9.17, 15) is 4.79 Å². The smallest absolute Gasteiger partial charge is 0.322 e. The van der Waals surface area contributed by atoms with Crippen LogP contribution in [0.1, 0.15) is 6.92 Å². The summed E-state index contributed by atoms with van der Waals surface area (Å²) in [6, 6.07) is 27.5. The van der Waals surface area contributed by atoms with Gasteiger partial charge in [-0.05, 0) is 31.2 Å². The van der Waals surface area contributed by atoms with E-state index in [1.165, 1.54) is 0 Å². The summed E-state index contributed by atoms with van der Waals surface area (Å²) in [5, 5.41) is 13.1. The van der Waals surface area contributed by atoms with E-state index in [0.717, 1.165) is 39.6 Å². The SMILES string of the molecule is CC1CN(c2nc3ccccc3c3nnc(-c4ccccc4)n23)CCN1C(=O)Nc1ccccc1. The quantitative estimate of drug-likeness (QED) is 0.420. The number of benzene rings is 3. The van der Waals surface area contributed by atoms with Crippen molar-refractivity contribution in [3.63, 3.8) is 0 Å². The lowest BCUT2D eigenvalue weighted by molar-refractivity contribution is 0.184. The Morgan fingerprint density at radius 1 is 0.886 bits per heavy atom. The van der Waals surface area contributed by atoms with E-state index in [1.807, 2.05) is 94.2 Å². The van der Waals surface area contributed by atoms with E-state index in [2.05, 4.69) is 27.3 Å². The lowest BCUT2D eigenvalue weighted by atomic mass is 10.2. The van der Waals surface area contributed by atoms with E-state index in [4.69, 9.17) is 4.98 Å². The number of hydrogen-bond donors (Lipinski definition) is 1. The van der Waals surface area contributed by atoms with Crippen LogP contribution < -0.4 is 10.2 Å². The van der Waals surface area contributed by atoms with E-state index in [1.54, 1.807) is 0 Å². The number of anilines is 2. The molecule has 0 aliphatic carbocycles. The molecule has 1 unspecified atom stereocenters. The van der Waals surface area contributed by atoms with E-state index in [0.29, 0.717) is 19.6 Å². The predicted octanol–water partition coefficient (Wildman–Crippen LogP) is 4.69. The van der Waals surface area contributed by atoms with Crippen LogP contribution >= 0.6 is 0 Å². The first-order valence-electron chi connectivity index (χ1n) is 11.8. The van der Waals surface area contributed by atoms with Crippen molar-refractivity contribution in [2.75, 3.05) is 29.9 Å². The van der Waals surface area contributed by atoms with Gasteiger partial charge in [-0.25, -0.2) is 14.2 Å². The molecule has 8 nitrogen and oxygen atoms in total. The molecule has 3 heterocycles. The Morgan fingerprint density at radius 2 is 1.60 bits per heavy atom. The highest BCUT2D eigenvalue weighted by Crippen LogP contribution is 2.29. The summed E-state index contributed by atoms with van der Waals surface area (Å²) in [7, 11) is 0. The van der Waals surface area contributed by atoms with Crippen LogP contribution in [0.4, 0.5) is 16.4 Å². The average Bonchev–Trinajstić information content (AvgIpc) is 3.35. The molecule has 1 saturated heterocycles. The molecule has 3 aromatic carbocycles. The van der Waals surface area contributed by atoms with E-state index in [-0.39, 0.29) is 12.1 Å². The Balaban J connectivity index is 1.36. The van der Waals surface area contributed by atoms with Gasteiger partial charge in [0.15, 0.2) is 11.5 Å². The van der Waals surface area contributed by atoms with Gasteiger partial charge in [-0.3, -0.25) is 0 Å². The van der Waals surface area contributed by atoms with Gasteiger partial charge in [0, 0.05) is 42.3 Å². The van der Waals surface area contributed by atoms with Crippen molar-refractivity contribution >= 4 is 34.2 Å². The van der Waals surface area contributed by atoms with Crippen molar-refractivity contribution in [3.8, 4) is 11.4 Å². The molecular formula is C27H25N7O. The fraction of sp³-hybridized carbons (Fsp3) is 0.185. The van der Waals surface area contributed by atoms with Gasteiger partial charge in [0.05, 0.1) is 5.52 Å². The monoisotopic (exact) mass is 463 g/mol. The molecule has 2 amide bonds. The number of hydrogen-bond acceptors (Lipinski definition) is 5. The molecule has 1 fully saturated rings. The van der Waals surface area contributed by atoms with Gasteiger partial charge >= 0.3 is 6.03 Å². The lowest BCUT2D eigenvalue weighted by Crippen LogP contribution is -2.55. The number of aromatic nitrogens is 4. The molecular weight excluding hydrogens is 438 g/mol. The molecule has 0 bridgehead atoms. The first-order chi connectivity index (χ1) is 17.2. The molecule has 0 radical (unpaired) electrons. The summed E-state index contributed by atoms with van der Waals surface area (Å²) in [6.07, 6.45) is 0. The molecule has 6 rings (SSSR count). The Bertz CT molecular complexity index is 1500. The minimum absolute atomic E-state index is 0.00700. The summed E-state index contributed by atoms with van der Waals surface area (Å²) in [5.41, 5.74) is 3.43. The van der Waals surface area contributed by atoms with Gasteiger partial charge in [0.2, 0.25) is 5.95 Å². The number of amides is 2. The second kappa shape index (κ2) is 8.72. The van der Waals surface area contributed by atoms with Crippen LogP contribution in [0.25, 0.3) is 27.9 Å². The molecule has 0 spiro atoms. The summed E-state index contributed by atoms with van der Waals surface area (Å²) in [5.74, 6) is 1.54. The highest BCUT2D eigenvalue weighted by molar-refractivity contribution is 5.93. The Hall–Kier alpha value is -4.46. The minimum atomic E-state index is -0.0887. The zero-order chi connectivity index (χ0) is 23.8. The zero-order valence-corrected chi connectivity index (χ0v) is 19.4. The largest absolute Gasteiger partial charge is 0.338 e. The summed E-state index contributed by atoms with van der Waals surface area (Å²) in [4.78, 5) is 22.1. The fourth-order valence-electron chi connectivity index (χ4n) is 4.71. The number of nitrogens with zero attached hydrogens (tertiary/aromatic N) is 6. The van der Waals surface area contributed by atoms with Crippen LogP contribution in [0.5, 0.6) is 0 Å². The van der Waals surface area contributed by atoms with E-state index >= 15 is 0 Å². The summed E-state index contributed by atoms with van der Waals surface area (Å²) in [6.45, 7) is 3.95. The van der Waals surface area contributed by atoms with Gasteiger partial charge in [-0.15, -0.1) is 10.2 Å².